The van der Waals surface area contributed by atoms with Gasteiger partial charge in [0.25, 0.3) is 0 Å². The number of rotatable bonds is 43. The fraction of sp³-hybridized carbons (Fsp3) is 0.744. The van der Waals surface area contributed by atoms with E-state index in [1.165, 1.54) is 0 Å². The zero-order valence-corrected chi connectivity index (χ0v) is 68.2. The van der Waals surface area contributed by atoms with Crippen LogP contribution in [0, 0.1) is 0 Å². The summed E-state index contributed by atoms with van der Waals surface area (Å²) in [7, 11) is 8.09. The Bertz CT molecular complexity index is 3610. The Morgan fingerprint density at radius 1 is 0.252 bits per heavy atom. The van der Waals surface area contributed by atoms with E-state index in [4.69, 9.17) is 23.7 Å². The lowest BCUT2D eigenvalue weighted by Crippen LogP contribution is -2.43. The van der Waals surface area contributed by atoms with Crippen LogP contribution in [0.2, 0.25) is 0 Å². The molecule has 0 aromatic heterocycles. The highest BCUT2D eigenvalue weighted by Crippen LogP contribution is 2.29. The van der Waals surface area contributed by atoms with Gasteiger partial charge >= 0.3 is 0 Å². The van der Waals surface area contributed by atoms with Crippen molar-refractivity contribution in [1.29, 1.82) is 0 Å². The van der Waals surface area contributed by atoms with Gasteiger partial charge in [-0.15, -0.1) is 0 Å². The molecule has 0 radical (unpaired) electrons. The molecule has 5 aromatic rings. The van der Waals surface area contributed by atoms with Gasteiger partial charge in [0.15, 0.2) is 0 Å². The van der Waals surface area contributed by atoms with Crippen molar-refractivity contribution < 1.29 is 23.7 Å². The molecule has 0 aliphatic carbocycles. The summed E-state index contributed by atoms with van der Waals surface area (Å²) in [6.45, 7) is 61.4. The molecule has 5 N–H and O–H groups in total. The first-order valence-electron chi connectivity index (χ1n) is 37.2. The fourth-order valence-electron chi connectivity index (χ4n) is 11.1. The minimum atomic E-state index is -0.404. The van der Waals surface area contributed by atoms with Crippen molar-refractivity contribution in [2.24, 2.45) is 0 Å². The van der Waals surface area contributed by atoms with E-state index in [0.717, 1.165) is 84.8 Å². The molecule has 0 saturated carbocycles. The molecule has 25 heteroatoms. The van der Waals surface area contributed by atoms with Crippen LogP contribution in [0.3, 0.4) is 0 Å². The summed E-state index contributed by atoms with van der Waals surface area (Å²) in [5.41, 5.74) is 0.132. The summed E-state index contributed by atoms with van der Waals surface area (Å²) < 4.78 is 27.6. The Labute approximate surface area is 614 Å². The molecular formula is C78H136N10O15. The second-order valence-electron chi connectivity index (χ2n) is 31.5. The highest BCUT2D eigenvalue weighted by atomic mass is 16.5. The van der Waals surface area contributed by atoms with Crippen LogP contribution in [0.5, 0.6) is 0 Å². The number of nitrogens with zero attached hydrogens (tertiary/aromatic N) is 5. The quantitative estimate of drug-likeness (QED) is 0.0222. The van der Waals surface area contributed by atoms with Crippen LogP contribution < -0.4 is 80.9 Å². The van der Waals surface area contributed by atoms with Crippen LogP contribution in [-0.4, -0.2) is 223 Å². The predicted molar refractivity (Wildman–Crippen MR) is 427 cm³/mol. The SMILES string of the molecule is CCCN(C)CCOCCNc1c(C(C)(C)C)c(=O)c1=O.CCCN(CC)CCOCCNc1c(C(C)(C)C)c(=O)c1=O.CCN(C)CCOCCNc1c(C(C)(C)C)c(=O)c1=O.CCN(CC)CCOCCNc1c(C(C)(C)C)c(=O)c1=O.CN(C)CCOCCNc1c(C(C)(C)C)c(=O)c1=O. The van der Waals surface area contributed by atoms with Crippen LogP contribution in [0.15, 0.2) is 47.9 Å². The molecule has 0 heterocycles. The van der Waals surface area contributed by atoms with Crippen LogP contribution >= 0.6 is 0 Å². The molecule has 0 unspecified atom stereocenters. The standard InChI is InChI=1S/C17H30N2O3.2C16H28N2O3.C15H26N2O3.C14H24N2O3/c1-6-9-19(7-2)10-12-22-11-8-18-14-13(17(3,4)5)15(20)16(14)21;1-6-8-18(5)9-11-21-10-7-17-13-12(16(2,3)4)14(19)15(13)20;1-6-18(7-2)9-11-21-10-8-17-13-12(16(3,4)5)14(19)15(13)20;1-6-17(5)8-10-20-9-7-16-12-11(15(2,3)4)13(18)14(12)19;1-14(2,3)10-11(13(18)12(10)17)15-6-8-19-9-7-16(4)5/h18H,6-12H2,1-5H3;2*17H,6-11H2,1-5H3;16H,6-10H2,1-5H3;15H,6-9H2,1-5H3. The van der Waals surface area contributed by atoms with Gasteiger partial charge in [0, 0.05) is 93.3 Å². The van der Waals surface area contributed by atoms with Crippen molar-refractivity contribution in [2.75, 3.05) is 226 Å². The molecule has 0 aliphatic rings. The van der Waals surface area contributed by atoms with E-state index in [1.807, 2.05) is 130 Å². The van der Waals surface area contributed by atoms with Crippen molar-refractivity contribution in [2.45, 2.75) is 185 Å². The topological polar surface area (TPSA) is 293 Å². The van der Waals surface area contributed by atoms with Gasteiger partial charge in [-0.25, -0.2) is 0 Å². The number of hydrogen-bond donors (Lipinski definition) is 5. The van der Waals surface area contributed by atoms with E-state index in [9.17, 15) is 47.9 Å². The van der Waals surface area contributed by atoms with E-state index in [2.05, 4.69) is 94.8 Å². The summed E-state index contributed by atoms with van der Waals surface area (Å²) in [4.78, 5) is 127. The highest BCUT2D eigenvalue weighted by Gasteiger charge is 2.34. The van der Waals surface area contributed by atoms with E-state index in [0.29, 0.717) is 155 Å². The second-order valence-corrected chi connectivity index (χ2v) is 31.5. The lowest BCUT2D eigenvalue weighted by Gasteiger charge is -2.24. The molecular weight excluding hydrogens is 1320 g/mol. The van der Waals surface area contributed by atoms with Gasteiger partial charge in [-0.1, -0.05) is 145 Å². The maximum Gasteiger partial charge on any atom is 0.249 e. The first-order chi connectivity index (χ1) is 48.0. The highest BCUT2D eigenvalue weighted by molar-refractivity contribution is 5.62. The number of nitrogens with one attached hydrogen (secondary N) is 5. The molecule has 0 amide bonds. The van der Waals surface area contributed by atoms with Crippen molar-refractivity contribution in [3.8, 4) is 0 Å². The molecule has 5 rings (SSSR count). The Morgan fingerprint density at radius 2 is 0.476 bits per heavy atom. The zero-order chi connectivity index (χ0) is 78.8. The first kappa shape index (κ1) is 95.0. The van der Waals surface area contributed by atoms with Gasteiger partial charge in [0.1, 0.15) is 0 Å². The molecule has 0 spiro atoms. The maximum atomic E-state index is 11.6. The summed E-state index contributed by atoms with van der Waals surface area (Å²) in [6.07, 6.45) is 2.28. The van der Waals surface area contributed by atoms with Gasteiger partial charge in [-0.3, -0.25) is 47.9 Å². The lowest BCUT2D eigenvalue weighted by atomic mass is 9.82. The predicted octanol–water partition coefficient (Wildman–Crippen LogP) is 5.97. The molecule has 588 valence electrons. The molecule has 0 atom stereocenters. The third kappa shape index (κ3) is 31.9. The first-order valence-corrected chi connectivity index (χ1v) is 37.2. The Hall–Kier alpha value is -6.00. The van der Waals surface area contributed by atoms with Gasteiger partial charge in [-0.2, -0.15) is 0 Å². The third-order valence-corrected chi connectivity index (χ3v) is 17.1. The zero-order valence-electron chi connectivity index (χ0n) is 68.2. The average molecular weight is 1450 g/mol. The van der Waals surface area contributed by atoms with E-state index in [1.54, 1.807) is 0 Å². The summed E-state index contributed by atoms with van der Waals surface area (Å²) in [6, 6.07) is 0. The smallest absolute Gasteiger partial charge is 0.249 e. The van der Waals surface area contributed by atoms with Crippen LogP contribution in [-0.2, 0) is 50.8 Å². The molecule has 0 bridgehead atoms. The number of hydrogen-bond acceptors (Lipinski definition) is 25. The van der Waals surface area contributed by atoms with Gasteiger partial charge in [0.2, 0.25) is 54.3 Å². The Morgan fingerprint density at radius 3 is 0.689 bits per heavy atom. The minimum absolute atomic E-state index is 0.293. The third-order valence-electron chi connectivity index (χ3n) is 17.1. The van der Waals surface area contributed by atoms with Crippen molar-refractivity contribution in [1.82, 2.24) is 24.5 Å². The maximum absolute atomic E-state index is 11.6. The van der Waals surface area contributed by atoms with Crippen LogP contribution in [0.1, 0.15) is 186 Å². The molecule has 103 heavy (non-hydrogen) atoms. The molecule has 0 aliphatic heterocycles. The van der Waals surface area contributed by atoms with Crippen molar-refractivity contribution in [3.05, 3.63) is 130 Å². The molecule has 0 fully saturated rings. The number of likely N-dealkylation sites (N-methyl/N-ethyl adjacent to an activating group) is 5. The number of anilines is 5. The van der Waals surface area contributed by atoms with Gasteiger partial charge in [-0.05, 0) is 107 Å². The largest absolute Gasteiger partial charge is 0.379 e. The van der Waals surface area contributed by atoms with Crippen LogP contribution in [0.25, 0.3) is 0 Å². The summed E-state index contributed by atoms with van der Waals surface area (Å²) in [5.74, 6) is 0. The van der Waals surface area contributed by atoms with E-state index < -0.39 is 27.1 Å². The minimum Gasteiger partial charge on any atom is -0.379 e. The number of ether oxygens (including phenoxy) is 5. The summed E-state index contributed by atoms with van der Waals surface area (Å²) >= 11 is 0. The molecule has 0 saturated heterocycles. The normalized spacial score (nSPS) is 12.3. The van der Waals surface area contributed by atoms with E-state index in [-0.39, 0.29) is 54.2 Å². The fourth-order valence-corrected chi connectivity index (χ4v) is 11.1. The Balaban J connectivity index is 0.000000644. The second kappa shape index (κ2) is 46.2. The summed E-state index contributed by atoms with van der Waals surface area (Å²) in [5, 5.41) is 15.2. The Kier molecular flexibility index (Phi) is 42.6. The monoisotopic (exact) mass is 1450 g/mol. The lowest BCUT2D eigenvalue weighted by molar-refractivity contribution is 0.113. The van der Waals surface area contributed by atoms with Crippen LogP contribution in [0.4, 0.5) is 28.4 Å². The van der Waals surface area contributed by atoms with Gasteiger partial charge in [0.05, 0.1) is 94.5 Å². The average Bonchev–Trinajstić information content (AvgIpc) is 0.794. The van der Waals surface area contributed by atoms with Crippen molar-refractivity contribution in [3.63, 3.8) is 0 Å². The van der Waals surface area contributed by atoms with Crippen molar-refractivity contribution >= 4 is 28.4 Å². The van der Waals surface area contributed by atoms with E-state index >= 15 is 0 Å². The molecule has 5 aromatic carbocycles. The molecule has 25 nitrogen and oxygen atoms in total. The van der Waals surface area contributed by atoms with Gasteiger partial charge < -0.3 is 74.8 Å².